The molecule has 0 bridgehead atoms. The Labute approximate surface area is 178 Å². The van der Waals surface area contributed by atoms with Crippen LogP contribution in [0.15, 0.2) is 30.3 Å². The van der Waals surface area contributed by atoms with Gasteiger partial charge in [-0.1, -0.05) is 104 Å². The molecule has 0 saturated carbocycles. The van der Waals surface area contributed by atoms with Crippen LogP contribution >= 0.6 is 0 Å². The summed E-state index contributed by atoms with van der Waals surface area (Å²) in [5.74, 6) is 0.760. The van der Waals surface area contributed by atoms with Crippen molar-refractivity contribution in [2.75, 3.05) is 19.6 Å². The van der Waals surface area contributed by atoms with Gasteiger partial charge in [-0.25, -0.2) is 0 Å². The van der Waals surface area contributed by atoms with Crippen LogP contribution in [-0.4, -0.2) is 24.5 Å². The Kier molecular flexibility index (Phi) is 29.4. The van der Waals surface area contributed by atoms with Gasteiger partial charge in [-0.15, -0.1) is 0 Å². The molecular weight excluding hydrogens is 350 g/mol. The number of halogens is 1. The topological polar surface area (TPSA) is 3.24 Å². The molecule has 0 N–H and O–H groups in total. The molecule has 0 spiro atoms. The molecule has 1 nitrogen and oxygen atoms in total. The van der Waals surface area contributed by atoms with Gasteiger partial charge in [0.25, 0.3) is 0 Å². The maximum atomic E-state index is 2.55. The summed E-state index contributed by atoms with van der Waals surface area (Å²) in [6.07, 6.45) is 10.5. The van der Waals surface area contributed by atoms with Gasteiger partial charge in [0, 0.05) is 0 Å². The van der Waals surface area contributed by atoms with Crippen LogP contribution in [0.2, 0.25) is 0 Å². The highest BCUT2D eigenvalue weighted by Crippen LogP contribution is 2.21. The zero-order valence-electron chi connectivity index (χ0n) is 19.6. The van der Waals surface area contributed by atoms with E-state index in [2.05, 4.69) is 83.7 Å². The van der Waals surface area contributed by atoms with E-state index < -0.39 is 0 Å². The SMILES string of the molecule is CCC(CC)c1ccccc1.CCCC.CCCCN(CC)CCCC.[Cl-]. The second-order valence-corrected chi connectivity index (χ2v) is 7.07. The zero-order chi connectivity index (χ0) is 20.0. The molecule has 1 aromatic carbocycles. The zero-order valence-corrected chi connectivity index (χ0v) is 20.3. The van der Waals surface area contributed by atoms with E-state index in [9.17, 15) is 0 Å². The third-order valence-electron chi connectivity index (χ3n) is 4.86. The second kappa shape index (κ2) is 25.5. The van der Waals surface area contributed by atoms with Gasteiger partial charge in [0.05, 0.1) is 0 Å². The summed E-state index contributed by atoms with van der Waals surface area (Å²) in [6.45, 7) is 19.5. The first kappa shape index (κ1) is 31.2. The van der Waals surface area contributed by atoms with Crippen molar-refractivity contribution in [3.63, 3.8) is 0 Å². The molecule has 0 heterocycles. The molecule has 1 aromatic rings. The van der Waals surface area contributed by atoms with Gasteiger partial charge >= 0.3 is 0 Å². The first-order valence-electron chi connectivity index (χ1n) is 11.4. The Morgan fingerprint density at radius 1 is 0.667 bits per heavy atom. The Morgan fingerprint density at radius 3 is 1.41 bits per heavy atom. The van der Waals surface area contributed by atoms with Crippen molar-refractivity contribution in [3.8, 4) is 0 Å². The van der Waals surface area contributed by atoms with Gasteiger partial charge in [-0.05, 0) is 56.8 Å². The molecule has 0 amide bonds. The van der Waals surface area contributed by atoms with Crippen molar-refractivity contribution in [1.29, 1.82) is 0 Å². The van der Waals surface area contributed by atoms with Gasteiger partial charge in [0.15, 0.2) is 0 Å². The molecule has 0 aromatic heterocycles. The summed E-state index contributed by atoms with van der Waals surface area (Å²) in [7, 11) is 0. The summed E-state index contributed by atoms with van der Waals surface area (Å²) >= 11 is 0. The highest BCUT2D eigenvalue weighted by atomic mass is 35.5. The first-order chi connectivity index (χ1) is 12.6. The minimum atomic E-state index is 0. The molecule has 0 aliphatic carbocycles. The van der Waals surface area contributed by atoms with Gasteiger partial charge in [-0.2, -0.15) is 0 Å². The fraction of sp³-hybridized carbons (Fsp3) is 0.760. The average molecular weight is 399 g/mol. The predicted molar refractivity (Wildman–Crippen MR) is 122 cm³/mol. The first-order valence-corrected chi connectivity index (χ1v) is 11.4. The highest BCUT2D eigenvalue weighted by Gasteiger charge is 2.04. The third kappa shape index (κ3) is 20.0. The van der Waals surface area contributed by atoms with E-state index in [0.29, 0.717) is 0 Å². The highest BCUT2D eigenvalue weighted by molar-refractivity contribution is 5.18. The molecule has 0 radical (unpaired) electrons. The average Bonchev–Trinajstić information content (AvgIpc) is 2.70. The van der Waals surface area contributed by atoms with Crippen molar-refractivity contribution in [2.45, 2.75) is 106 Å². The Balaban J connectivity index is -0.000000346. The molecule has 27 heavy (non-hydrogen) atoms. The van der Waals surface area contributed by atoms with E-state index in [1.807, 2.05) is 0 Å². The molecule has 0 aliphatic rings. The fourth-order valence-corrected chi connectivity index (χ4v) is 2.68. The largest absolute Gasteiger partial charge is 1.00 e. The van der Waals surface area contributed by atoms with Crippen LogP contribution < -0.4 is 12.4 Å². The minimum absolute atomic E-state index is 0. The molecule has 0 unspecified atom stereocenters. The molecule has 1 rings (SSSR count). The third-order valence-corrected chi connectivity index (χ3v) is 4.86. The van der Waals surface area contributed by atoms with Crippen molar-refractivity contribution < 1.29 is 12.4 Å². The van der Waals surface area contributed by atoms with Crippen molar-refractivity contribution >= 4 is 0 Å². The Morgan fingerprint density at radius 2 is 1.11 bits per heavy atom. The quantitative estimate of drug-likeness (QED) is 0.488. The number of rotatable bonds is 11. The van der Waals surface area contributed by atoms with E-state index in [1.165, 1.54) is 76.6 Å². The standard InChI is InChI=1S/C11H16.C10H23N.C4H10.ClH/c1-3-10(4-2)11-8-6-5-7-9-11;1-4-7-9-11(6-3)10-8-5-2;1-3-4-2;/h5-10H,3-4H2,1-2H3;4-10H2,1-3H3;3-4H2,1-2H3;1H/p-1. The van der Waals surface area contributed by atoms with E-state index in [4.69, 9.17) is 0 Å². The number of hydrogen-bond donors (Lipinski definition) is 0. The lowest BCUT2D eigenvalue weighted by Crippen LogP contribution is -3.00. The predicted octanol–water partition coefficient (Wildman–Crippen LogP) is 5.31. The molecule has 0 saturated heterocycles. The van der Waals surface area contributed by atoms with Gasteiger partial charge < -0.3 is 17.3 Å². The monoisotopic (exact) mass is 398 g/mol. The molecular formula is C25H49ClN-. The molecule has 2 heteroatoms. The summed E-state index contributed by atoms with van der Waals surface area (Å²) in [5.41, 5.74) is 1.48. The van der Waals surface area contributed by atoms with E-state index in [0.717, 1.165) is 5.92 Å². The normalized spacial score (nSPS) is 9.81. The Bertz CT molecular complexity index is 339. The fourth-order valence-electron chi connectivity index (χ4n) is 2.68. The van der Waals surface area contributed by atoms with Crippen LogP contribution in [0.5, 0.6) is 0 Å². The lowest BCUT2D eigenvalue weighted by atomic mass is 9.94. The lowest BCUT2D eigenvalue weighted by molar-refractivity contribution is -0.00000601. The van der Waals surface area contributed by atoms with Crippen LogP contribution in [0, 0.1) is 0 Å². The van der Waals surface area contributed by atoms with Crippen molar-refractivity contribution in [2.24, 2.45) is 0 Å². The minimum Gasteiger partial charge on any atom is -1.00 e. The maximum absolute atomic E-state index is 2.55. The van der Waals surface area contributed by atoms with Crippen LogP contribution in [-0.2, 0) is 0 Å². The van der Waals surface area contributed by atoms with Crippen LogP contribution in [0.25, 0.3) is 0 Å². The molecule has 0 atom stereocenters. The number of benzene rings is 1. The van der Waals surface area contributed by atoms with Gasteiger partial charge in [-0.3, -0.25) is 0 Å². The summed E-state index contributed by atoms with van der Waals surface area (Å²) in [5, 5.41) is 0. The number of nitrogens with zero attached hydrogens (tertiary/aromatic N) is 1. The summed E-state index contributed by atoms with van der Waals surface area (Å²) in [4.78, 5) is 2.55. The van der Waals surface area contributed by atoms with Gasteiger partial charge in [0.1, 0.15) is 0 Å². The van der Waals surface area contributed by atoms with Crippen molar-refractivity contribution in [3.05, 3.63) is 35.9 Å². The molecule has 0 fully saturated rings. The maximum Gasteiger partial charge on any atom is -0.00190 e. The van der Waals surface area contributed by atoms with E-state index in [-0.39, 0.29) is 12.4 Å². The van der Waals surface area contributed by atoms with E-state index in [1.54, 1.807) is 0 Å². The van der Waals surface area contributed by atoms with Crippen molar-refractivity contribution in [1.82, 2.24) is 4.90 Å². The summed E-state index contributed by atoms with van der Waals surface area (Å²) in [6, 6.07) is 10.8. The van der Waals surface area contributed by atoms with Gasteiger partial charge in [0.2, 0.25) is 0 Å². The van der Waals surface area contributed by atoms with Crippen LogP contribution in [0.4, 0.5) is 0 Å². The smallest absolute Gasteiger partial charge is 0.00190 e. The van der Waals surface area contributed by atoms with E-state index >= 15 is 0 Å². The van der Waals surface area contributed by atoms with Crippen LogP contribution in [0.3, 0.4) is 0 Å². The Hall–Kier alpha value is -0.530. The molecule has 162 valence electrons. The number of hydrogen-bond acceptors (Lipinski definition) is 1. The lowest BCUT2D eigenvalue weighted by Gasteiger charge is -2.19. The second-order valence-electron chi connectivity index (χ2n) is 7.07. The molecule has 0 aliphatic heterocycles. The number of unbranched alkanes of at least 4 members (excludes halogenated alkanes) is 3. The summed E-state index contributed by atoms with van der Waals surface area (Å²) < 4.78 is 0. The van der Waals surface area contributed by atoms with Crippen LogP contribution in [0.1, 0.15) is 111 Å².